The number of ether oxygens (including phenoxy) is 1. The van der Waals surface area contributed by atoms with Crippen molar-refractivity contribution in [2.24, 2.45) is 14.1 Å². The molecule has 10 heteroatoms. The number of aliphatic hydroxyl groups is 1. The monoisotopic (exact) mass is 357 g/mol. The number of morpholine rings is 1. The number of halogens is 1. The quantitative estimate of drug-likeness (QED) is 0.696. The summed E-state index contributed by atoms with van der Waals surface area (Å²) in [5.74, 6) is 0.574. The highest BCUT2D eigenvalue weighted by molar-refractivity contribution is 6.18. The van der Waals surface area contributed by atoms with Gasteiger partial charge in [-0.25, -0.2) is 4.79 Å². The summed E-state index contributed by atoms with van der Waals surface area (Å²) in [7, 11) is 3.00. The summed E-state index contributed by atoms with van der Waals surface area (Å²) in [6.45, 7) is 2.47. The third kappa shape index (κ3) is 2.72. The molecule has 0 aromatic carbocycles. The molecule has 1 aliphatic heterocycles. The predicted molar refractivity (Wildman–Crippen MR) is 90.0 cm³/mol. The standard InChI is InChI=1S/C14H20ClN5O4/c1-17-11-10(12(22)18(2)14(17)23)20(8-9(21)7-15)13(16-11)19-3-5-24-6-4-19/h9,21H,3-8H2,1-2H3/t9-/m0/s1. The molecular formula is C14H20ClN5O4. The van der Waals surface area contributed by atoms with E-state index in [0.717, 1.165) is 4.57 Å². The Morgan fingerprint density at radius 1 is 1.25 bits per heavy atom. The SMILES string of the molecule is Cn1c(=O)c2c(nc(N3CCOCC3)n2C[C@@H](O)CCl)n(C)c1=O. The summed E-state index contributed by atoms with van der Waals surface area (Å²) in [6.07, 6.45) is -0.828. The van der Waals surface area contributed by atoms with Crippen LogP contribution in [0.2, 0.25) is 0 Å². The highest BCUT2D eigenvalue weighted by Gasteiger charge is 2.25. The molecule has 0 radical (unpaired) electrons. The third-order valence-corrected chi connectivity index (χ3v) is 4.55. The van der Waals surface area contributed by atoms with Crippen molar-refractivity contribution in [3.63, 3.8) is 0 Å². The molecule has 0 unspecified atom stereocenters. The average Bonchev–Trinajstić information content (AvgIpc) is 2.98. The second-order valence-corrected chi connectivity index (χ2v) is 6.12. The molecule has 3 heterocycles. The second-order valence-electron chi connectivity index (χ2n) is 5.81. The van der Waals surface area contributed by atoms with Crippen LogP contribution in [-0.4, -0.2) is 62.1 Å². The number of fused-ring (bicyclic) bond motifs is 1. The van der Waals surface area contributed by atoms with E-state index >= 15 is 0 Å². The van der Waals surface area contributed by atoms with E-state index < -0.39 is 17.4 Å². The van der Waals surface area contributed by atoms with Gasteiger partial charge in [-0.15, -0.1) is 11.6 Å². The van der Waals surface area contributed by atoms with Gasteiger partial charge in [0, 0.05) is 27.2 Å². The zero-order valence-corrected chi connectivity index (χ0v) is 14.4. The van der Waals surface area contributed by atoms with Gasteiger partial charge in [0.25, 0.3) is 5.56 Å². The molecule has 0 spiro atoms. The third-order valence-electron chi connectivity index (χ3n) is 4.19. The Kier molecular flexibility index (Phi) is 4.66. The van der Waals surface area contributed by atoms with Crippen LogP contribution < -0.4 is 16.1 Å². The summed E-state index contributed by atoms with van der Waals surface area (Å²) in [4.78, 5) is 31.3. The molecule has 2 aromatic rings. The molecule has 9 nitrogen and oxygen atoms in total. The van der Waals surface area contributed by atoms with Crippen molar-refractivity contribution >= 4 is 28.7 Å². The first-order valence-corrected chi connectivity index (χ1v) is 8.22. The van der Waals surface area contributed by atoms with Crippen LogP contribution in [0, 0.1) is 0 Å². The van der Waals surface area contributed by atoms with Gasteiger partial charge in [0.15, 0.2) is 11.2 Å². The zero-order valence-electron chi connectivity index (χ0n) is 13.6. The number of hydrogen-bond donors (Lipinski definition) is 1. The second kappa shape index (κ2) is 6.58. The van der Waals surface area contributed by atoms with E-state index in [2.05, 4.69) is 4.98 Å². The van der Waals surface area contributed by atoms with Gasteiger partial charge in [-0.2, -0.15) is 4.98 Å². The lowest BCUT2D eigenvalue weighted by Gasteiger charge is -2.28. The van der Waals surface area contributed by atoms with Crippen LogP contribution in [0.1, 0.15) is 0 Å². The van der Waals surface area contributed by atoms with E-state index in [4.69, 9.17) is 16.3 Å². The molecular weight excluding hydrogens is 338 g/mol. The van der Waals surface area contributed by atoms with Crippen LogP contribution >= 0.6 is 11.6 Å². The maximum Gasteiger partial charge on any atom is 0.332 e. The highest BCUT2D eigenvalue weighted by Crippen LogP contribution is 2.21. The number of nitrogens with zero attached hydrogens (tertiary/aromatic N) is 5. The highest BCUT2D eigenvalue weighted by atomic mass is 35.5. The van der Waals surface area contributed by atoms with Crippen molar-refractivity contribution in [3.05, 3.63) is 20.8 Å². The molecule has 1 N–H and O–H groups in total. The van der Waals surface area contributed by atoms with Crippen LogP contribution in [-0.2, 0) is 25.4 Å². The van der Waals surface area contributed by atoms with Gasteiger partial charge < -0.3 is 19.3 Å². The van der Waals surface area contributed by atoms with Gasteiger partial charge in [-0.1, -0.05) is 0 Å². The summed E-state index contributed by atoms with van der Waals surface area (Å²) in [6, 6.07) is 0. The van der Waals surface area contributed by atoms with Crippen LogP contribution in [0.4, 0.5) is 5.95 Å². The fraction of sp³-hybridized carbons (Fsp3) is 0.643. The molecule has 3 rings (SSSR count). The fourth-order valence-electron chi connectivity index (χ4n) is 2.87. The number of aliphatic hydroxyl groups excluding tert-OH is 1. The molecule has 0 amide bonds. The smallest absolute Gasteiger partial charge is 0.332 e. The lowest BCUT2D eigenvalue weighted by Crippen LogP contribution is -2.39. The van der Waals surface area contributed by atoms with Gasteiger partial charge in [0.05, 0.1) is 31.7 Å². The van der Waals surface area contributed by atoms with Gasteiger partial charge >= 0.3 is 5.69 Å². The molecule has 1 fully saturated rings. The lowest BCUT2D eigenvalue weighted by molar-refractivity contribution is 0.121. The van der Waals surface area contributed by atoms with Crippen LogP contribution in [0.15, 0.2) is 9.59 Å². The zero-order chi connectivity index (χ0) is 17.4. The molecule has 1 aliphatic rings. The van der Waals surface area contributed by atoms with E-state index in [-0.39, 0.29) is 17.9 Å². The largest absolute Gasteiger partial charge is 0.390 e. The normalized spacial score (nSPS) is 16.8. The Morgan fingerprint density at radius 2 is 1.92 bits per heavy atom. The predicted octanol–water partition coefficient (Wildman–Crippen LogP) is -1.13. The van der Waals surface area contributed by atoms with Crippen molar-refractivity contribution in [1.82, 2.24) is 18.7 Å². The first-order valence-electron chi connectivity index (χ1n) is 7.68. The van der Waals surface area contributed by atoms with Crippen molar-refractivity contribution in [1.29, 1.82) is 0 Å². The van der Waals surface area contributed by atoms with Crippen LogP contribution in [0.25, 0.3) is 11.2 Å². The van der Waals surface area contributed by atoms with Crippen molar-refractivity contribution < 1.29 is 9.84 Å². The van der Waals surface area contributed by atoms with E-state index in [1.165, 1.54) is 11.6 Å². The number of aryl methyl sites for hydroxylation is 1. The van der Waals surface area contributed by atoms with E-state index in [0.29, 0.717) is 37.9 Å². The molecule has 132 valence electrons. The molecule has 1 saturated heterocycles. The summed E-state index contributed by atoms with van der Waals surface area (Å²) in [5.41, 5.74) is -0.304. The molecule has 2 aromatic heterocycles. The number of aromatic nitrogens is 4. The van der Waals surface area contributed by atoms with Crippen LogP contribution in [0.5, 0.6) is 0 Å². The Labute approximate surface area is 142 Å². The summed E-state index contributed by atoms with van der Waals surface area (Å²) >= 11 is 5.73. The number of hydrogen-bond acceptors (Lipinski definition) is 6. The van der Waals surface area contributed by atoms with E-state index in [1.807, 2.05) is 4.90 Å². The number of anilines is 1. The van der Waals surface area contributed by atoms with Crippen molar-refractivity contribution in [2.75, 3.05) is 37.1 Å². The fourth-order valence-corrected chi connectivity index (χ4v) is 2.97. The molecule has 1 atom stereocenters. The minimum atomic E-state index is -0.828. The minimum absolute atomic E-state index is 0.0360. The van der Waals surface area contributed by atoms with E-state index in [9.17, 15) is 14.7 Å². The first-order chi connectivity index (χ1) is 11.5. The summed E-state index contributed by atoms with van der Waals surface area (Å²) in [5, 5.41) is 9.99. The Hall–Kier alpha value is -1.84. The average molecular weight is 358 g/mol. The Balaban J connectivity index is 2.28. The number of alkyl halides is 1. The lowest BCUT2D eigenvalue weighted by atomic mass is 10.3. The maximum absolute atomic E-state index is 12.6. The molecule has 24 heavy (non-hydrogen) atoms. The molecule has 0 bridgehead atoms. The number of imidazole rings is 1. The van der Waals surface area contributed by atoms with Gasteiger partial charge in [-0.3, -0.25) is 13.9 Å². The first kappa shape index (κ1) is 17.0. The van der Waals surface area contributed by atoms with Gasteiger partial charge in [0.2, 0.25) is 5.95 Å². The van der Waals surface area contributed by atoms with Crippen molar-refractivity contribution in [3.8, 4) is 0 Å². The Bertz CT molecular complexity index is 865. The summed E-state index contributed by atoms with van der Waals surface area (Å²) < 4.78 is 9.38. The van der Waals surface area contributed by atoms with Crippen LogP contribution in [0.3, 0.4) is 0 Å². The van der Waals surface area contributed by atoms with E-state index in [1.54, 1.807) is 11.6 Å². The van der Waals surface area contributed by atoms with Gasteiger partial charge in [0.1, 0.15) is 0 Å². The Morgan fingerprint density at radius 3 is 2.54 bits per heavy atom. The maximum atomic E-state index is 12.6. The molecule has 0 aliphatic carbocycles. The van der Waals surface area contributed by atoms with Gasteiger partial charge in [-0.05, 0) is 0 Å². The number of rotatable bonds is 4. The molecule has 0 saturated carbocycles. The topological polar surface area (TPSA) is 94.5 Å². The minimum Gasteiger partial charge on any atom is -0.390 e. The van der Waals surface area contributed by atoms with Crippen molar-refractivity contribution in [2.45, 2.75) is 12.6 Å².